The molecule has 1 saturated heterocycles. The van der Waals surface area contributed by atoms with Crippen LogP contribution in [0, 0.1) is 11.5 Å². The van der Waals surface area contributed by atoms with Gasteiger partial charge >= 0.3 is 0 Å². The van der Waals surface area contributed by atoms with E-state index in [2.05, 4.69) is 5.32 Å². The minimum atomic E-state index is 0.750. The van der Waals surface area contributed by atoms with Crippen molar-refractivity contribution in [1.29, 1.82) is 5.26 Å². The van der Waals surface area contributed by atoms with Crippen LogP contribution in [-0.2, 0) is 0 Å². The van der Waals surface area contributed by atoms with Crippen molar-refractivity contribution >= 4 is 0 Å². The van der Waals surface area contributed by atoms with Crippen LogP contribution >= 0.6 is 0 Å². The summed E-state index contributed by atoms with van der Waals surface area (Å²) >= 11 is 0. The first-order valence-corrected chi connectivity index (χ1v) is 4.15. The van der Waals surface area contributed by atoms with Crippen LogP contribution in [0.15, 0.2) is 0 Å². The van der Waals surface area contributed by atoms with Gasteiger partial charge in [0.25, 0.3) is 6.26 Å². The Morgan fingerprint density at radius 3 is 1.82 bits per heavy atom. The molecule has 0 amide bonds. The molecule has 0 spiro atoms. The molecule has 1 heterocycles. The Morgan fingerprint density at radius 2 is 1.36 bits per heavy atom. The van der Waals surface area contributed by atoms with Crippen LogP contribution < -0.4 is 5.32 Å². The lowest BCUT2D eigenvalue weighted by Gasteiger charge is -2.08. The predicted molar refractivity (Wildman–Crippen MR) is 43.5 cm³/mol. The largest absolute Gasteiger partial charge is 0.443 e. The Labute approximate surface area is 68.0 Å². The lowest BCUT2D eigenvalue weighted by molar-refractivity contribution is 0.503. The summed E-state index contributed by atoms with van der Waals surface area (Å²) in [5.41, 5.74) is 0. The van der Waals surface area contributed by atoms with Gasteiger partial charge < -0.3 is 10.4 Å². The molecule has 0 atom stereocenters. The zero-order valence-corrected chi connectivity index (χ0v) is 6.84. The second-order valence-electron chi connectivity index (χ2n) is 2.62. The fourth-order valence-electron chi connectivity index (χ4n) is 1.16. The first-order valence-electron chi connectivity index (χ1n) is 4.15. The van der Waals surface area contributed by atoms with Gasteiger partial charge in [0.2, 0.25) is 0 Å². The van der Waals surface area contributed by atoms with E-state index < -0.39 is 0 Å². The molecule has 11 heavy (non-hydrogen) atoms. The third-order valence-corrected chi connectivity index (χ3v) is 1.71. The lowest BCUT2D eigenvalue weighted by Crippen LogP contribution is -2.18. The summed E-state index contributed by atoms with van der Waals surface area (Å²) in [5.74, 6) is 0. The fourth-order valence-corrected chi connectivity index (χ4v) is 1.16. The number of nitriles is 1. The number of aliphatic hydroxyl groups excluding tert-OH is 1. The molecule has 0 saturated carbocycles. The number of hydrogen-bond donors (Lipinski definition) is 2. The van der Waals surface area contributed by atoms with Crippen LogP contribution in [0.5, 0.6) is 0 Å². The molecule has 2 N–H and O–H groups in total. The number of aliphatic hydroxyl groups is 1. The monoisotopic (exact) mass is 156 g/mol. The fraction of sp³-hybridized carbons (Fsp3) is 0.875. The van der Waals surface area contributed by atoms with Crippen LogP contribution in [0.4, 0.5) is 0 Å². The maximum Gasteiger partial charge on any atom is 0.283 e. The van der Waals surface area contributed by atoms with Gasteiger partial charge in [-0.2, -0.15) is 5.26 Å². The van der Waals surface area contributed by atoms with Crippen molar-refractivity contribution in [2.75, 3.05) is 13.1 Å². The molecular weight excluding hydrogens is 140 g/mol. The Bertz CT molecular complexity index is 85.1. The molecule has 0 bridgehead atoms. The second kappa shape index (κ2) is 9.25. The summed E-state index contributed by atoms with van der Waals surface area (Å²) in [6.45, 7) is 2.50. The lowest BCUT2D eigenvalue weighted by atomic mass is 10.1. The minimum Gasteiger partial charge on any atom is -0.443 e. The van der Waals surface area contributed by atoms with Gasteiger partial charge in [-0.25, -0.2) is 0 Å². The summed E-state index contributed by atoms with van der Waals surface area (Å²) in [4.78, 5) is 0. The molecule has 0 aliphatic carbocycles. The highest BCUT2D eigenvalue weighted by Crippen LogP contribution is 2.03. The van der Waals surface area contributed by atoms with E-state index in [4.69, 9.17) is 10.4 Å². The average Bonchev–Trinajstić information content (AvgIpc) is 1.86. The van der Waals surface area contributed by atoms with Crippen LogP contribution in [0.3, 0.4) is 0 Å². The molecule has 0 aromatic heterocycles. The van der Waals surface area contributed by atoms with Crippen LogP contribution in [-0.4, -0.2) is 18.2 Å². The zero-order chi connectivity index (χ0) is 8.36. The maximum atomic E-state index is 6.88. The standard InChI is InChI=1S/C7H15N.CHNO/c1-2-4-6-8-7-5-3-1;2-1-3/h8H,1-7H2;3H. The summed E-state index contributed by atoms with van der Waals surface area (Å²) in [6.07, 6.45) is 7.86. The van der Waals surface area contributed by atoms with Crippen molar-refractivity contribution in [3.8, 4) is 6.26 Å². The number of nitrogens with zero attached hydrogens (tertiary/aromatic N) is 1. The molecule has 3 nitrogen and oxygen atoms in total. The van der Waals surface area contributed by atoms with Crippen molar-refractivity contribution in [3.05, 3.63) is 0 Å². The van der Waals surface area contributed by atoms with Gasteiger partial charge in [0.15, 0.2) is 0 Å². The van der Waals surface area contributed by atoms with E-state index in [0.717, 1.165) is 6.26 Å². The van der Waals surface area contributed by atoms with E-state index >= 15 is 0 Å². The average molecular weight is 156 g/mol. The third kappa shape index (κ3) is 9.25. The minimum absolute atomic E-state index is 0.750. The number of rotatable bonds is 0. The molecule has 0 aromatic rings. The van der Waals surface area contributed by atoms with Gasteiger partial charge in [-0.3, -0.25) is 0 Å². The second-order valence-corrected chi connectivity index (χ2v) is 2.62. The molecule has 3 heteroatoms. The summed E-state index contributed by atoms with van der Waals surface area (Å²) in [5, 5.41) is 17.1. The van der Waals surface area contributed by atoms with Crippen molar-refractivity contribution in [3.63, 3.8) is 0 Å². The Kier molecular flexibility index (Phi) is 8.62. The molecule has 0 unspecified atom stereocenters. The Hall–Kier alpha value is -0.750. The van der Waals surface area contributed by atoms with Crippen LogP contribution in [0.25, 0.3) is 0 Å². The van der Waals surface area contributed by atoms with E-state index in [-0.39, 0.29) is 0 Å². The summed E-state index contributed by atoms with van der Waals surface area (Å²) in [6, 6.07) is 0. The number of hydrogen-bond acceptors (Lipinski definition) is 3. The van der Waals surface area contributed by atoms with Gasteiger partial charge in [0.05, 0.1) is 0 Å². The summed E-state index contributed by atoms with van der Waals surface area (Å²) < 4.78 is 0. The van der Waals surface area contributed by atoms with E-state index in [0.29, 0.717) is 0 Å². The molecule has 0 aromatic carbocycles. The topological polar surface area (TPSA) is 56.0 Å². The van der Waals surface area contributed by atoms with Crippen molar-refractivity contribution in [2.24, 2.45) is 0 Å². The highest BCUT2D eigenvalue weighted by atomic mass is 16.2. The Morgan fingerprint density at radius 1 is 1.00 bits per heavy atom. The van der Waals surface area contributed by atoms with Crippen molar-refractivity contribution in [1.82, 2.24) is 5.32 Å². The molecule has 1 fully saturated rings. The van der Waals surface area contributed by atoms with Crippen LogP contribution in [0.2, 0.25) is 0 Å². The SMILES string of the molecule is C1CCCNCCC1.N#CO. The van der Waals surface area contributed by atoms with E-state index in [1.165, 1.54) is 45.2 Å². The molecule has 0 radical (unpaired) electrons. The summed E-state index contributed by atoms with van der Waals surface area (Å²) in [7, 11) is 0. The molecule has 1 aliphatic rings. The predicted octanol–water partition coefficient (Wildman–Crippen LogP) is 1.38. The maximum absolute atomic E-state index is 6.88. The van der Waals surface area contributed by atoms with Gasteiger partial charge in [-0.05, 0) is 25.9 Å². The Balaban J connectivity index is 0.000000292. The highest BCUT2D eigenvalue weighted by molar-refractivity contribution is 4.54. The van der Waals surface area contributed by atoms with Gasteiger partial charge in [-0.1, -0.05) is 19.3 Å². The number of nitrogens with one attached hydrogen (secondary N) is 1. The first-order chi connectivity index (χ1) is 5.41. The van der Waals surface area contributed by atoms with E-state index in [1.807, 2.05) is 0 Å². The quantitative estimate of drug-likeness (QED) is 0.521. The molecule has 1 rings (SSSR count). The van der Waals surface area contributed by atoms with Gasteiger partial charge in [0, 0.05) is 0 Å². The van der Waals surface area contributed by atoms with Gasteiger partial charge in [0.1, 0.15) is 0 Å². The van der Waals surface area contributed by atoms with Crippen molar-refractivity contribution < 1.29 is 5.11 Å². The van der Waals surface area contributed by atoms with Crippen LogP contribution in [0.1, 0.15) is 32.1 Å². The third-order valence-electron chi connectivity index (χ3n) is 1.71. The zero-order valence-electron chi connectivity index (χ0n) is 6.84. The molecule has 64 valence electrons. The van der Waals surface area contributed by atoms with Gasteiger partial charge in [-0.15, -0.1) is 0 Å². The van der Waals surface area contributed by atoms with E-state index in [9.17, 15) is 0 Å². The van der Waals surface area contributed by atoms with Crippen molar-refractivity contribution in [2.45, 2.75) is 32.1 Å². The first kappa shape index (κ1) is 10.2. The molecular formula is C8H16N2O. The normalized spacial score (nSPS) is 18.1. The molecule has 1 aliphatic heterocycles. The van der Waals surface area contributed by atoms with E-state index in [1.54, 1.807) is 0 Å². The highest BCUT2D eigenvalue weighted by Gasteiger charge is 1.94. The smallest absolute Gasteiger partial charge is 0.283 e.